The van der Waals surface area contributed by atoms with Crippen molar-refractivity contribution >= 4 is 17.4 Å². The molecule has 0 atom stereocenters. The molecule has 0 saturated heterocycles. The number of aryl methyl sites for hydroxylation is 1. The molecule has 182 valence electrons. The van der Waals surface area contributed by atoms with Crippen LogP contribution in [0.1, 0.15) is 29.5 Å². The van der Waals surface area contributed by atoms with Gasteiger partial charge in [-0.05, 0) is 78.4 Å². The van der Waals surface area contributed by atoms with Crippen LogP contribution in [-0.2, 0) is 19.6 Å². The lowest BCUT2D eigenvalue weighted by Crippen LogP contribution is -2.35. The van der Waals surface area contributed by atoms with Crippen LogP contribution in [0.4, 0.5) is 16.2 Å². The lowest BCUT2D eigenvalue weighted by molar-refractivity contribution is 0.257. The summed E-state index contributed by atoms with van der Waals surface area (Å²) < 4.78 is 11.9. The Balaban J connectivity index is 1.22. The summed E-state index contributed by atoms with van der Waals surface area (Å²) in [6, 6.07) is 33.6. The first kappa shape index (κ1) is 23.5. The predicted octanol–water partition coefficient (Wildman–Crippen LogP) is 7.22. The van der Waals surface area contributed by atoms with Gasteiger partial charge in [0.05, 0.1) is 0 Å². The van der Waals surface area contributed by atoms with Crippen molar-refractivity contribution in [1.82, 2.24) is 0 Å². The molecule has 1 aliphatic heterocycles. The van der Waals surface area contributed by atoms with Gasteiger partial charge in [-0.3, -0.25) is 4.90 Å². The largest absolute Gasteiger partial charge is 0.489 e. The van der Waals surface area contributed by atoms with E-state index in [9.17, 15) is 4.79 Å². The molecule has 2 amide bonds. The topological polar surface area (TPSA) is 50.8 Å². The number of carbonyl (C=O) groups is 1. The molecule has 4 aromatic carbocycles. The molecular weight excluding hydrogens is 448 g/mol. The van der Waals surface area contributed by atoms with E-state index >= 15 is 0 Å². The molecule has 0 spiro atoms. The minimum absolute atomic E-state index is 0.131. The molecule has 5 rings (SSSR count). The van der Waals surface area contributed by atoms with Crippen molar-refractivity contribution < 1.29 is 14.3 Å². The lowest BCUT2D eigenvalue weighted by atomic mass is 10.1. The summed E-state index contributed by atoms with van der Waals surface area (Å²) in [6.07, 6.45) is 2.91. The third-order valence-corrected chi connectivity index (χ3v) is 6.27. The van der Waals surface area contributed by atoms with E-state index in [-0.39, 0.29) is 6.03 Å². The molecule has 5 nitrogen and oxygen atoms in total. The summed E-state index contributed by atoms with van der Waals surface area (Å²) in [7, 11) is 0. The minimum atomic E-state index is -0.131. The van der Waals surface area contributed by atoms with Gasteiger partial charge in [-0.25, -0.2) is 4.79 Å². The van der Waals surface area contributed by atoms with E-state index in [2.05, 4.69) is 23.5 Å². The van der Waals surface area contributed by atoms with Gasteiger partial charge in [0.1, 0.15) is 24.7 Å². The maximum atomic E-state index is 13.2. The Kier molecular flexibility index (Phi) is 7.47. The van der Waals surface area contributed by atoms with E-state index in [0.717, 1.165) is 58.8 Å². The third-order valence-electron chi connectivity index (χ3n) is 6.27. The van der Waals surface area contributed by atoms with Crippen molar-refractivity contribution in [2.24, 2.45) is 0 Å². The molecule has 1 aliphatic rings. The molecule has 0 bridgehead atoms. The molecule has 0 unspecified atom stereocenters. The molecule has 1 N–H and O–H groups in total. The average Bonchev–Trinajstić information content (AvgIpc) is 3.15. The van der Waals surface area contributed by atoms with E-state index in [1.807, 2.05) is 89.8 Å². The Morgan fingerprint density at radius 3 is 2.00 bits per heavy atom. The van der Waals surface area contributed by atoms with Gasteiger partial charge in [-0.2, -0.15) is 0 Å². The van der Waals surface area contributed by atoms with Gasteiger partial charge in [0.25, 0.3) is 0 Å². The number of urea groups is 1. The van der Waals surface area contributed by atoms with Crippen molar-refractivity contribution in [2.75, 3.05) is 16.8 Å². The van der Waals surface area contributed by atoms with Crippen LogP contribution in [0.3, 0.4) is 0 Å². The number of rotatable bonds is 7. The second kappa shape index (κ2) is 11.5. The first-order valence-electron chi connectivity index (χ1n) is 12.4. The van der Waals surface area contributed by atoms with Crippen LogP contribution in [0.15, 0.2) is 103 Å². The standard InChI is InChI=1S/C31H30N2O3/c34-31(32-27-14-16-28(17-15-27)35-22-24-9-3-1-4-10-24)33-20-8-7-13-26-21-29(18-19-30(26)33)36-23-25-11-5-2-6-12-25/h1-6,9-12,14-19,21H,7-8,13,20,22-23H2,(H,32,34). The van der Waals surface area contributed by atoms with Gasteiger partial charge in [-0.15, -0.1) is 0 Å². The van der Waals surface area contributed by atoms with E-state index in [4.69, 9.17) is 9.47 Å². The van der Waals surface area contributed by atoms with Crippen molar-refractivity contribution in [3.8, 4) is 11.5 Å². The Morgan fingerprint density at radius 1 is 0.722 bits per heavy atom. The SMILES string of the molecule is O=C(Nc1ccc(OCc2ccccc2)cc1)N1CCCCc2cc(OCc3ccccc3)ccc21. The van der Waals surface area contributed by atoms with E-state index in [1.54, 1.807) is 0 Å². The summed E-state index contributed by atoms with van der Waals surface area (Å²) in [5.74, 6) is 1.59. The number of ether oxygens (including phenoxy) is 2. The van der Waals surface area contributed by atoms with E-state index < -0.39 is 0 Å². The monoisotopic (exact) mass is 478 g/mol. The van der Waals surface area contributed by atoms with E-state index in [0.29, 0.717) is 19.8 Å². The first-order valence-corrected chi connectivity index (χ1v) is 12.4. The summed E-state index contributed by atoms with van der Waals surface area (Å²) in [4.78, 5) is 15.1. The number of hydrogen-bond donors (Lipinski definition) is 1. The number of hydrogen-bond acceptors (Lipinski definition) is 3. The highest BCUT2D eigenvalue weighted by Crippen LogP contribution is 2.31. The summed E-state index contributed by atoms with van der Waals surface area (Å²) in [5.41, 5.74) is 5.06. The van der Waals surface area contributed by atoms with Gasteiger partial charge in [0.15, 0.2) is 0 Å². The molecule has 0 aliphatic carbocycles. The lowest BCUT2D eigenvalue weighted by Gasteiger charge is -2.24. The molecule has 0 fully saturated rings. The quantitative estimate of drug-likeness (QED) is 0.305. The number of anilines is 2. The molecule has 1 heterocycles. The maximum Gasteiger partial charge on any atom is 0.326 e. The van der Waals surface area contributed by atoms with Crippen molar-refractivity contribution in [1.29, 1.82) is 0 Å². The predicted molar refractivity (Wildman–Crippen MR) is 144 cm³/mol. The summed E-state index contributed by atoms with van der Waals surface area (Å²) in [6.45, 7) is 1.71. The van der Waals surface area contributed by atoms with Crippen LogP contribution in [0, 0.1) is 0 Å². The zero-order valence-corrected chi connectivity index (χ0v) is 20.2. The van der Waals surface area contributed by atoms with E-state index in [1.165, 1.54) is 0 Å². The Hall–Kier alpha value is -4.25. The fraction of sp³-hybridized carbons (Fsp3) is 0.194. The van der Waals surface area contributed by atoms with Gasteiger partial charge in [0, 0.05) is 17.9 Å². The maximum absolute atomic E-state index is 13.2. The van der Waals surface area contributed by atoms with Gasteiger partial charge >= 0.3 is 6.03 Å². The van der Waals surface area contributed by atoms with Gasteiger partial charge in [0.2, 0.25) is 0 Å². The van der Waals surface area contributed by atoms with Crippen molar-refractivity contribution in [2.45, 2.75) is 32.5 Å². The Bertz CT molecular complexity index is 1270. The van der Waals surface area contributed by atoms with Crippen molar-refractivity contribution in [3.05, 3.63) is 120 Å². The van der Waals surface area contributed by atoms with Crippen LogP contribution < -0.4 is 19.7 Å². The Labute approximate surface area is 212 Å². The smallest absolute Gasteiger partial charge is 0.326 e. The zero-order chi connectivity index (χ0) is 24.6. The highest BCUT2D eigenvalue weighted by Gasteiger charge is 2.22. The highest BCUT2D eigenvalue weighted by atomic mass is 16.5. The van der Waals surface area contributed by atoms with Crippen LogP contribution in [0.5, 0.6) is 11.5 Å². The van der Waals surface area contributed by atoms with Gasteiger partial charge < -0.3 is 14.8 Å². The highest BCUT2D eigenvalue weighted by molar-refractivity contribution is 6.02. The zero-order valence-electron chi connectivity index (χ0n) is 20.2. The van der Waals surface area contributed by atoms with Crippen LogP contribution in [-0.4, -0.2) is 12.6 Å². The average molecular weight is 479 g/mol. The molecule has 0 radical (unpaired) electrons. The molecular formula is C31H30N2O3. The normalized spacial score (nSPS) is 12.8. The van der Waals surface area contributed by atoms with Crippen LogP contribution >= 0.6 is 0 Å². The third kappa shape index (κ3) is 6.05. The number of nitrogens with one attached hydrogen (secondary N) is 1. The molecule has 0 saturated carbocycles. The Morgan fingerprint density at radius 2 is 1.33 bits per heavy atom. The number of carbonyl (C=O) groups excluding carboxylic acids is 1. The number of benzene rings is 4. The number of amides is 2. The fourth-order valence-electron chi connectivity index (χ4n) is 4.34. The summed E-state index contributed by atoms with van der Waals surface area (Å²) >= 11 is 0. The van der Waals surface area contributed by atoms with Crippen LogP contribution in [0.2, 0.25) is 0 Å². The second-order valence-electron chi connectivity index (χ2n) is 8.90. The van der Waals surface area contributed by atoms with Crippen molar-refractivity contribution in [3.63, 3.8) is 0 Å². The van der Waals surface area contributed by atoms with Crippen LogP contribution in [0.25, 0.3) is 0 Å². The molecule has 5 heteroatoms. The fourth-order valence-corrected chi connectivity index (χ4v) is 4.34. The summed E-state index contributed by atoms with van der Waals surface area (Å²) in [5, 5.41) is 3.04. The van der Waals surface area contributed by atoms with Gasteiger partial charge in [-0.1, -0.05) is 60.7 Å². The molecule has 0 aromatic heterocycles. The second-order valence-corrected chi connectivity index (χ2v) is 8.90. The number of nitrogens with zero attached hydrogens (tertiary/aromatic N) is 1. The first-order chi connectivity index (χ1) is 17.7. The minimum Gasteiger partial charge on any atom is -0.489 e. The molecule has 4 aromatic rings. The number of fused-ring (bicyclic) bond motifs is 1. The molecule has 36 heavy (non-hydrogen) atoms.